The van der Waals surface area contributed by atoms with Crippen LogP contribution in [0.3, 0.4) is 0 Å². The Morgan fingerprint density at radius 2 is 1.62 bits per heavy atom. The van der Waals surface area contributed by atoms with Gasteiger partial charge in [0.15, 0.2) is 15.8 Å². The Labute approximate surface area is 174 Å². The molecule has 2 aromatic carbocycles. The second kappa shape index (κ2) is 10.9. The lowest BCUT2D eigenvalue weighted by atomic mass is 10.1. The molecule has 0 aliphatic rings. The second-order valence-corrected chi connectivity index (χ2v) is 9.38. The van der Waals surface area contributed by atoms with Gasteiger partial charge in [-0.25, -0.2) is 8.42 Å². The summed E-state index contributed by atoms with van der Waals surface area (Å²) < 4.78 is 28.7. The van der Waals surface area contributed by atoms with Crippen LogP contribution < -0.4 is 15.4 Å². The number of hydrogen-bond donors (Lipinski definition) is 2. The highest BCUT2D eigenvalue weighted by Crippen LogP contribution is 2.13. The number of guanidine groups is 1. The van der Waals surface area contributed by atoms with E-state index < -0.39 is 9.84 Å². The molecule has 2 rings (SSSR count). The van der Waals surface area contributed by atoms with E-state index in [1.165, 1.54) is 6.26 Å². The van der Waals surface area contributed by atoms with Crippen LogP contribution in [0.5, 0.6) is 5.75 Å². The molecule has 0 unspecified atom stereocenters. The molecule has 7 heteroatoms. The minimum Gasteiger partial charge on any atom is -0.493 e. The van der Waals surface area contributed by atoms with Gasteiger partial charge in [0.25, 0.3) is 0 Å². The molecule has 0 radical (unpaired) electrons. The summed E-state index contributed by atoms with van der Waals surface area (Å²) >= 11 is 0. The van der Waals surface area contributed by atoms with E-state index in [4.69, 9.17) is 4.74 Å². The van der Waals surface area contributed by atoms with Crippen LogP contribution in [0, 0.1) is 5.92 Å². The molecule has 0 aliphatic carbocycles. The molecule has 29 heavy (non-hydrogen) atoms. The van der Waals surface area contributed by atoms with Gasteiger partial charge in [0.2, 0.25) is 0 Å². The molecule has 158 valence electrons. The van der Waals surface area contributed by atoms with Gasteiger partial charge in [0.05, 0.1) is 11.5 Å². The monoisotopic (exact) mass is 417 g/mol. The highest BCUT2D eigenvalue weighted by Gasteiger charge is 2.06. The van der Waals surface area contributed by atoms with Crippen molar-refractivity contribution in [3.63, 3.8) is 0 Å². The summed E-state index contributed by atoms with van der Waals surface area (Å²) in [6.45, 7) is 6.32. The second-order valence-electron chi connectivity index (χ2n) is 7.37. The predicted molar refractivity (Wildman–Crippen MR) is 118 cm³/mol. The van der Waals surface area contributed by atoms with Crippen molar-refractivity contribution < 1.29 is 13.2 Å². The van der Waals surface area contributed by atoms with E-state index in [-0.39, 0.29) is 0 Å². The Morgan fingerprint density at radius 3 is 2.17 bits per heavy atom. The Morgan fingerprint density at radius 1 is 1.00 bits per heavy atom. The number of nitrogens with zero attached hydrogens (tertiary/aromatic N) is 1. The Balaban J connectivity index is 1.76. The van der Waals surface area contributed by atoms with Crippen molar-refractivity contribution in [2.45, 2.75) is 31.7 Å². The smallest absolute Gasteiger partial charge is 0.191 e. The summed E-state index contributed by atoms with van der Waals surface area (Å²) in [5.41, 5.74) is 2.21. The molecule has 0 spiro atoms. The molecule has 0 heterocycles. The van der Waals surface area contributed by atoms with E-state index in [1.807, 2.05) is 36.4 Å². The summed E-state index contributed by atoms with van der Waals surface area (Å²) in [4.78, 5) is 4.58. The van der Waals surface area contributed by atoms with Crippen molar-refractivity contribution >= 4 is 15.8 Å². The molecule has 0 fully saturated rings. The summed E-state index contributed by atoms with van der Waals surface area (Å²) in [6, 6.07) is 15.0. The molecule has 2 N–H and O–H groups in total. The highest BCUT2D eigenvalue weighted by atomic mass is 32.2. The lowest BCUT2D eigenvalue weighted by molar-refractivity contribution is 0.271. The maximum atomic E-state index is 11.5. The van der Waals surface area contributed by atoms with Crippen molar-refractivity contribution in [2.75, 3.05) is 26.5 Å². The standard InChI is InChI=1S/C22H31N3O3S/c1-17(2)16-28-20-9-5-19(6-10-20)15-25-22(23-3)24-14-13-18-7-11-21(12-8-18)29(4,26)27/h5-12,17H,13-16H2,1-4H3,(H2,23,24,25). The van der Waals surface area contributed by atoms with Crippen molar-refractivity contribution in [1.82, 2.24) is 10.6 Å². The molecule has 0 saturated heterocycles. The van der Waals surface area contributed by atoms with Gasteiger partial charge in [-0.15, -0.1) is 0 Å². The molecule has 0 aliphatic heterocycles. The maximum Gasteiger partial charge on any atom is 0.191 e. The summed E-state index contributed by atoms with van der Waals surface area (Å²) in [6.07, 6.45) is 1.98. The predicted octanol–water partition coefficient (Wildman–Crippen LogP) is 3.03. The molecular weight excluding hydrogens is 386 g/mol. The van der Waals surface area contributed by atoms with Crippen molar-refractivity contribution in [3.05, 3.63) is 59.7 Å². The van der Waals surface area contributed by atoms with Gasteiger partial charge in [-0.2, -0.15) is 0 Å². The highest BCUT2D eigenvalue weighted by molar-refractivity contribution is 7.90. The minimum atomic E-state index is -3.15. The number of sulfone groups is 1. The number of ether oxygens (including phenoxy) is 1. The molecular formula is C22H31N3O3S. The van der Waals surface area contributed by atoms with Gasteiger partial charge in [-0.3, -0.25) is 4.99 Å². The van der Waals surface area contributed by atoms with Crippen molar-refractivity contribution in [2.24, 2.45) is 10.9 Å². The molecule has 0 atom stereocenters. The van der Waals surface area contributed by atoms with Gasteiger partial charge in [0.1, 0.15) is 5.75 Å². The molecule has 0 bridgehead atoms. The average Bonchev–Trinajstić information content (AvgIpc) is 2.69. The Hall–Kier alpha value is -2.54. The largest absolute Gasteiger partial charge is 0.493 e. The summed E-state index contributed by atoms with van der Waals surface area (Å²) in [5, 5.41) is 6.56. The first-order valence-electron chi connectivity index (χ1n) is 9.73. The summed E-state index contributed by atoms with van der Waals surface area (Å²) in [7, 11) is -1.42. The third kappa shape index (κ3) is 8.15. The molecule has 0 aromatic heterocycles. The third-order valence-electron chi connectivity index (χ3n) is 4.25. The van der Waals surface area contributed by atoms with Crippen molar-refractivity contribution in [1.29, 1.82) is 0 Å². The van der Waals surface area contributed by atoms with Gasteiger partial charge in [0, 0.05) is 26.4 Å². The van der Waals surface area contributed by atoms with Crippen LogP contribution in [0.25, 0.3) is 0 Å². The Bertz CT molecular complexity index is 890. The van der Waals surface area contributed by atoms with Gasteiger partial charge in [-0.05, 0) is 47.7 Å². The van der Waals surface area contributed by atoms with Crippen LogP contribution in [0.1, 0.15) is 25.0 Å². The topological polar surface area (TPSA) is 79.8 Å². The molecule has 2 aromatic rings. The van der Waals surface area contributed by atoms with E-state index >= 15 is 0 Å². The fourth-order valence-corrected chi connectivity index (χ4v) is 3.23. The third-order valence-corrected chi connectivity index (χ3v) is 5.38. The SMILES string of the molecule is CN=C(NCCc1ccc(S(C)(=O)=O)cc1)NCc1ccc(OCC(C)C)cc1. The number of aliphatic imine (C=N–C) groups is 1. The van der Waals surface area contributed by atoms with Crippen LogP contribution in [0.2, 0.25) is 0 Å². The van der Waals surface area contributed by atoms with Crippen LogP contribution in [-0.4, -0.2) is 40.8 Å². The van der Waals surface area contributed by atoms with E-state index in [1.54, 1.807) is 19.2 Å². The maximum absolute atomic E-state index is 11.5. The lowest BCUT2D eigenvalue weighted by Gasteiger charge is -2.13. The zero-order chi connectivity index (χ0) is 21.3. The first-order chi connectivity index (χ1) is 13.8. The van der Waals surface area contributed by atoms with E-state index in [9.17, 15) is 8.42 Å². The van der Waals surface area contributed by atoms with E-state index in [0.717, 1.165) is 29.3 Å². The number of benzene rings is 2. The first kappa shape index (κ1) is 22.7. The minimum absolute atomic E-state index is 0.340. The average molecular weight is 418 g/mol. The zero-order valence-electron chi connectivity index (χ0n) is 17.6. The van der Waals surface area contributed by atoms with Crippen LogP contribution in [-0.2, 0) is 22.8 Å². The molecule has 0 amide bonds. The van der Waals surface area contributed by atoms with E-state index in [2.05, 4.69) is 29.5 Å². The molecule has 0 saturated carbocycles. The van der Waals surface area contributed by atoms with Crippen LogP contribution >= 0.6 is 0 Å². The summed E-state index contributed by atoms with van der Waals surface area (Å²) in [5.74, 6) is 2.10. The molecule has 6 nitrogen and oxygen atoms in total. The normalized spacial score (nSPS) is 12.1. The van der Waals surface area contributed by atoms with Crippen molar-refractivity contribution in [3.8, 4) is 5.75 Å². The zero-order valence-corrected chi connectivity index (χ0v) is 18.4. The number of rotatable bonds is 9. The number of hydrogen-bond acceptors (Lipinski definition) is 4. The van der Waals surface area contributed by atoms with E-state index in [0.29, 0.717) is 30.5 Å². The first-order valence-corrected chi connectivity index (χ1v) is 11.6. The quantitative estimate of drug-likeness (QED) is 0.484. The van der Waals surface area contributed by atoms with Gasteiger partial charge < -0.3 is 15.4 Å². The fourth-order valence-electron chi connectivity index (χ4n) is 2.60. The number of nitrogens with one attached hydrogen (secondary N) is 2. The lowest BCUT2D eigenvalue weighted by Crippen LogP contribution is -2.37. The van der Waals surface area contributed by atoms with Crippen LogP contribution in [0.15, 0.2) is 58.4 Å². The van der Waals surface area contributed by atoms with Crippen LogP contribution in [0.4, 0.5) is 0 Å². The Kier molecular flexibility index (Phi) is 8.51. The van der Waals surface area contributed by atoms with Gasteiger partial charge in [-0.1, -0.05) is 38.1 Å². The fraction of sp³-hybridized carbons (Fsp3) is 0.409. The van der Waals surface area contributed by atoms with Gasteiger partial charge >= 0.3 is 0 Å².